The number of hydrogen-bond donors (Lipinski definition) is 3. The fourth-order valence-corrected chi connectivity index (χ4v) is 4.05. The minimum absolute atomic E-state index is 0. The molecule has 1 heterocycles. The van der Waals surface area contributed by atoms with Crippen LogP contribution in [0.5, 0.6) is 11.5 Å². The molecular formula is C26H34ClFN4O5. The molecule has 1 aliphatic heterocycles. The van der Waals surface area contributed by atoms with Crippen molar-refractivity contribution in [1.29, 1.82) is 5.41 Å². The van der Waals surface area contributed by atoms with E-state index in [1.54, 1.807) is 36.1 Å². The Morgan fingerprint density at radius 2 is 1.86 bits per heavy atom. The number of carbonyl (C=O) groups excluding carboxylic acids is 2. The lowest BCUT2D eigenvalue weighted by atomic mass is 10.0. The lowest BCUT2D eigenvalue weighted by Crippen LogP contribution is -2.40. The second-order valence-corrected chi connectivity index (χ2v) is 8.53. The van der Waals surface area contributed by atoms with Crippen LogP contribution in [0, 0.1) is 11.2 Å². The molecule has 4 N–H and O–H groups in total. The zero-order valence-electron chi connectivity index (χ0n) is 21.2. The van der Waals surface area contributed by atoms with Crippen molar-refractivity contribution in [2.75, 3.05) is 26.8 Å². The van der Waals surface area contributed by atoms with Gasteiger partial charge in [0, 0.05) is 63.7 Å². The molecule has 3 rings (SSSR count). The molecule has 1 atom stereocenters. The summed E-state index contributed by atoms with van der Waals surface area (Å²) in [4.78, 5) is 26.3. The van der Waals surface area contributed by atoms with Gasteiger partial charge < -0.3 is 30.2 Å². The average molecular weight is 537 g/mol. The third kappa shape index (κ3) is 7.80. The van der Waals surface area contributed by atoms with Crippen LogP contribution >= 0.6 is 12.4 Å². The first kappa shape index (κ1) is 29.9. The Kier molecular flexibility index (Phi) is 11.1. The average Bonchev–Trinajstić information content (AvgIpc) is 2.86. The van der Waals surface area contributed by atoms with Gasteiger partial charge in [0.1, 0.15) is 17.7 Å². The van der Waals surface area contributed by atoms with Gasteiger partial charge in [0.25, 0.3) is 5.91 Å². The number of carbonyl (C=O) groups is 2. The van der Waals surface area contributed by atoms with Crippen molar-refractivity contribution in [1.82, 2.24) is 10.2 Å². The van der Waals surface area contributed by atoms with Gasteiger partial charge in [0.2, 0.25) is 5.91 Å². The molecule has 0 radical (unpaired) electrons. The molecule has 2 amide bonds. The molecule has 0 aliphatic carbocycles. The second-order valence-electron chi connectivity index (χ2n) is 8.53. The van der Waals surface area contributed by atoms with Crippen LogP contribution in [0.2, 0.25) is 0 Å². The number of likely N-dealkylation sites (tertiary alicyclic amines) is 1. The summed E-state index contributed by atoms with van der Waals surface area (Å²) in [5, 5.41) is 10.2. The van der Waals surface area contributed by atoms with Crippen LogP contribution in [0.15, 0.2) is 36.4 Å². The van der Waals surface area contributed by atoms with Gasteiger partial charge in [-0.25, -0.2) is 4.39 Å². The number of nitrogens with one attached hydrogen (secondary N) is 2. The molecular weight excluding hydrogens is 503 g/mol. The van der Waals surface area contributed by atoms with Crippen LogP contribution in [-0.2, 0) is 20.9 Å². The van der Waals surface area contributed by atoms with Crippen molar-refractivity contribution >= 4 is 30.1 Å². The van der Waals surface area contributed by atoms with E-state index in [4.69, 9.17) is 25.4 Å². The van der Waals surface area contributed by atoms with Crippen molar-refractivity contribution in [3.63, 3.8) is 0 Å². The lowest BCUT2D eigenvalue weighted by Gasteiger charge is -2.31. The largest absolute Gasteiger partial charge is 0.494 e. The van der Waals surface area contributed by atoms with Gasteiger partial charge in [-0.05, 0) is 18.6 Å². The van der Waals surface area contributed by atoms with Crippen molar-refractivity contribution in [2.24, 2.45) is 5.73 Å². The summed E-state index contributed by atoms with van der Waals surface area (Å²) in [5.74, 6) is -0.922. The third-order valence-corrected chi connectivity index (χ3v) is 6.02. The Morgan fingerprint density at radius 3 is 2.41 bits per heavy atom. The van der Waals surface area contributed by atoms with Gasteiger partial charge >= 0.3 is 0 Å². The quantitative estimate of drug-likeness (QED) is 0.316. The maximum absolute atomic E-state index is 15.6. The number of methoxy groups -OCH3 is 1. The number of hydrogen-bond acceptors (Lipinski definition) is 6. The maximum atomic E-state index is 15.6. The van der Waals surface area contributed by atoms with Crippen molar-refractivity contribution in [3.8, 4) is 11.5 Å². The number of nitrogen functional groups attached to an aromatic ring is 1. The molecule has 9 nitrogen and oxygen atoms in total. The molecule has 0 bridgehead atoms. The second kappa shape index (κ2) is 13.8. The monoisotopic (exact) mass is 536 g/mol. The zero-order chi connectivity index (χ0) is 26.2. The number of ether oxygens (including phenoxy) is 3. The number of amidine groups is 1. The predicted molar refractivity (Wildman–Crippen MR) is 140 cm³/mol. The van der Waals surface area contributed by atoms with E-state index in [2.05, 4.69) is 5.32 Å². The van der Waals surface area contributed by atoms with Crippen LogP contribution < -0.4 is 20.5 Å². The topological polar surface area (TPSA) is 127 Å². The standard InChI is InChI=1S/C26H33FN4O5.ClH/c1-4-35-20-13-21(23(27)22(14-20)36-19-9-11-31(12-10-19)16(2)32)24(34-3)26(33)30-15-17-5-7-18(8-6-17)25(28)29;/h5-8,13-14,19,24H,4,9-12,15H2,1-3H3,(H3,28,29)(H,30,33);1H. The maximum Gasteiger partial charge on any atom is 0.254 e. The lowest BCUT2D eigenvalue weighted by molar-refractivity contribution is -0.132. The zero-order valence-corrected chi connectivity index (χ0v) is 22.0. The highest BCUT2D eigenvalue weighted by Gasteiger charge is 2.29. The molecule has 11 heteroatoms. The molecule has 1 aliphatic rings. The number of benzene rings is 2. The highest BCUT2D eigenvalue weighted by Crippen LogP contribution is 2.34. The summed E-state index contributed by atoms with van der Waals surface area (Å²) >= 11 is 0. The van der Waals surface area contributed by atoms with Gasteiger partial charge in [-0.15, -0.1) is 12.4 Å². The molecule has 2 aromatic carbocycles. The first-order chi connectivity index (χ1) is 17.2. The summed E-state index contributed by atoms with van der Waals surface area (Å²) in [5.41, 5.74) is 6.84. The molecule has 37 heavy (non-hydrogen) atoms. The van der Waals surface area contributed by atoms with Gasteiger partial charge in [0.05, 0.1) is 6.61 Å². The summed E-state index contributed by atoms with van der Waals surface area (Å²) in [7, 11) is 1.33. The van der Waals surface area contributed by atoms with E-state index < -0.39 is 17.8 Å². The van der Waals surface area contributed by atoms with E-state index >= 15 is 4.39 Å². The fourth-order valence-electron chi connectivity index (χ4n) is 4.05. The number of piperidine rings is 1. The molecule has 0 spiro atoms. The van der Waals surface area contributed by atoms with Crippen molar-refractivity contribution in [3.05, 3.63) is 58.9 Å². The Labute approximate surface area is 222 Å². The number of rotatable bonds is 10. The highest BCUT2D eigenvalue weighted by molar-refractivity contribution is 5.94. The molecule has 0 aromatic heterocycles. The van der Waals surface area contributed by atoms with Crippen LogP contribution in [0.25, 0.3) is 0 Å². The van der Waals surface area contributed by atoms with Crippen LogP contribution in [-0.4, -0.2) is 55.5 Å². The summed E-state index contributed by atoms with van der Waals surface area (Å²) in [6.45, 7) is 4.93. The highest BCUT2D eigenvalue weighted by atomic mass is 35.5. The first-order valence-electron chi connectivity index (χ1n) is 11.9. The first-order valence-corrected chi connectivity index (χ1v) is 11.9. The van der Waals surface area contributed by atoms with E-state index in [1.807, 2.05) is 0 Å². The van der Waals surface area contributed by atoms with E-state index in [0.29, 0.717) is 43.9 Å². The van der Waals surface area contributed by atoms with E-state index in [-0.39, 0.29) is 48.1 Å². The fraction of sp³-hybridized carbons (Fsp3) is 0.423. The Bertz CT molecular complexity index is 1090. The van der Waals surface area contributed by atoms with Crippen LogP contribution in [0.4, 0.5) is 4.39 Å². The number of nitrogens with two attached hydrogens (primary N) is 1. The number of halogens is 2. The van der Waals surface area contributed by atoms with E-state index in [9.17, 15) is 9.59 Å². The van der Waals surface area contributed by atoms with Crippen molar-refractivity contribution < 1.29 is 28.2 Å². The molecule has 1 fully saturated rings. The van der Waals surface area contributed by atoms with Gasteiger partial charge in [-0.3, -0.25) is 15.0 Å². The van der Waals surface area contributed by atoms with Crippen LogP contribution in [0.3, 0.4) is 0 Å². The van der Waals surface area contributed by atoms with Gasteiger partial charge in [0.15, 0.2) is 17.7 Å². The minimum atomic E-state index is -1.23. The molecule has 1 saturated heterocycles. The summed E-state index contributed by atoms with van der Waals surface area (Å²) in [6, 6.07) is 9.79. The van der Waals surface area contributed by atoms with Crippen molar-refractivity contribution in [2.45, 2.75) is 45.4 Å². The molecule has 0 saturated carbocycles. The smallest absolute Gasteiger partial charge is 0.254 e. The SMILES string of the molecule is CCOc1cc(OC2CCN(C(C)=O)CC2)c(F)c(C(OC)C(=O)NCc2ccc(C(=N)N)cc2)c1.Cl. The van der Waals surface area contributed by atoms with Crippen LogP contribution in [0.1, 0.15) is 49.5 Å². The Morgan fingerprint density at radius 1 is 1.22 bits per heavy atom. The minimum Gasteiger partial charge on any atom is -0.494 e. The van der Waals surface area contributed by atoms with E-state index in [1.165, 1.54) is 26.2 Å². The molecule has 2 aromatic rings. The van der Waals surface area contributed by atoms with E-state index in [0.717, 1.165) is 5.56 Å². The predicted octanol–water partition coefficient (Wildman–Crippen LogP) is 3.32. The normalized spacial score (nSPS) is 14.3. The summed E-state index contributed by atoms with van der Waals surface area (Å²) in [6.07, 6.45) is -0.357. The molecule has 202 valence electrons. The summed E-state index contributed by atoms with van der Waals surface area (Å²) < 4.78 is 32.5. The Hall–Kier alpha value is -3.37. The van der Waals surface area contributed by atoms with Gasteiger partial charge in [-0.2, -0.15) is 0 Å². The number of nitrogens with zero attached hydrogens (tertiary/aromatic N) is 1. The van der Waals surface area contributed by atoms with Gasteiger partial charge in [-0.1, -0.05) is 24.3 Å². The Balaban J connectivity index is 0.00000481. The molecule has 1 unspecified atom stereocenters. The third-order valence-electron chi connectivity index (χ3n) is 6.02. The number of amides is 2.